The minimum absolute atomic E-state index is 0.427. The molecular formula is C15H32N2. The molecule has 0 radical (unpaired) electrons. The van der Waals surface area contributed by atoms with Crippen molar-refractivity contribution in [2.75, 3.05) is 13.1 Å². The van der Waals surface area contributed by atoms with Crippen molar-refractivity contribution in [3.05, 3.63) is 0 Å². The Morgan fingerprint density at radius 2 is 1.65 bits per heavy atom. The molecule has 0 aromatic carbocycles. The minimum Gasteiger partial charge on any atom is -0.327 e. The van der Waals surface area contributed by atoms with Crippen LogP contribution in [0.2, 0.25) is 0 Å². The van der Waals surface area contributed by atoms with Crippen LogP contribution < -0.4 is 5.73 Å². The van der Waals surface area contributed by atoms with E-state index < -0.39 is 0 Å². The molecule has 2 N–H and O–H groups in total. The summed E-state index contributed by atoms with van der Waals surface area (Å²) in [4.78, 5) is 2.60. The lowest BCUT2D eigenvalue weighted by Gasteiger charge is -2.36. The lowest BCUT2D eigenvalue weighted by Crippen LogP contribution is -2.47. The summed E-state index contributed by atoms with van der Waals surface area (Å²) in [5.41, 5.74) is 6.03. The van der Waals surface area contributed by atoms with Gasteiger partial charge in [-0.25, -0.2) is 0 Å². The van der Waals surface area contributed by atoms with E-state index in [1.807, 2.05) is 0 Å². The van der Waals surface area contributed by atoms with Crippen LogP contribution in [0.3, 0.4) is 0 Å². The highest BCUT2D eigenvalue weighted by atomic mass is 15.2. The van der Waals surface area contributed by atoms with E-state index in [9.17, 15) is 0 Å². The summed E-state index contributed by atoms with van der Waals surface area (Å²) < 4.78 is 0. The molecule has 1 fully saturated rings. The molecular weight excluding hydrogens is 208 g/mol. The zero-order valence-corrected chi connectivity index (χ0v) is 12.0. The van der Waals surface area contributed by atoms with Crippen LogP contribution in [0.1, 0.15) is 71.6 Å². The Hall–Kier alpha value is -0.0800. The lowest BCUT2D eigenvalue weighted by atomic mass is 9.99. The molecule has 0 saturated carbocycles. The Balaban J connectivity index is 1.97. The van der Waals surface area contributed by atoms with Gasteiger partial charge in [0.05, 0.1) is 0 Å². The van der Waals surface area contributed by atoms with Gasteiger partial charge in [-0.15, -0.1) is 0 Å². The highest BCUT2D eigenvalue weighted by molar-refractivity contribution is 4.80. The second kappa shape index (κ2) is 8.93. The predicted octanol–water partition coefficient (Wildman–Crippen LogP) is 3.55. The zero-order valence-electron chi connectivity index (χ0n) is 12.0. The molecule has 0 aliphatic carbocycles. The van der Waals surface area contributed by atoms with Crippen LogP contribution in [0.15, 0.2) is 0 Å². The Kier molecular flexibility index (Phi) is 7.87. The van der Waals surface area contributed by atoms with E-state index in [4.69, 9.17) is 5.73 Å². The molecule has 1 aliphatic heterocycles. The molecule has 0 aromatic rings. The number of hydrogen-bond acceptors (Lipinski definition) is 2. The summed E-state index contributed by atoms with van der Waals surface area (Å²) in [7, 11) is 0. The molecule has 1 saturated heterocycles. The first-order chi connectivity index (χ1) is 8.24. The third kappa shape index (κ3) is 6.42. The number of hydrogen-bond donors (Lipinski definition) is 1. The normalized spacial score (nSPS) is 26.3. The number of nitrogens with two attached hydrogens (primary N) is 1. The van der Waals surface area contributed by atoms with Gasteiger partial charge in [0.2, 0.25) is 0 Å². The van der Waals surface area contributed by atoms with E-state index in [0.717, 1.165) is 12.6 Å². The standard InChI is InChI=1S/C15H32N2/c1-3-4-5-6-7-8-9-12-17-13-15(16)11-10-14(17)2/h14-15H,3-13,16H2,1-2H3. The molecule has 2 heteroatoms. The predicted molar refractivity (Wildman–Crippen MR) is 76.2 cm³/mol. The van der Waals surface area contributed by atoms with Crippen LogP contribution in [0.4, 0.5) is 0 Å². The first kappa shape index (κ1) is 15.0. The second-order valence-corrected chi connectivity index (χ2v) is 5.80. The highest BCUT2D eigenvalue weighted by Gasteiger charge is 2.22. The molecule has 102 valence electrons. The Labute approximate surface area is 108 Å². The molecule has 2 atom stereocenters. The fraction of sp³-hybridized carbons (Fsp3) is 1.00. The summed E-state index contributed by atoms with van der Waals surface area (Å²) in [6.45, 7) is 7.02. The number of piperidine rings is 1. The molecule has 17 heavy (non-hydrogen) atoms. The van der Waals surface area contributed by atoms with Gasteiger partial charge < -0.3 is 5.73 Å². The van der Waals surface area contributed by atoms with Gasteiger partial charge in [-0.2, -0.15) is 0 Å². The smallest absolute Gasteiger partial charge is 0.0168 e. The molecule has 1 aliphatic rings. The third-order valence-corrected chi connectivity index (χ3v) is 4.10. The van der Waals surface area contributed by atoms with Gasteiger partial charge in [0.15, 0.2) is 0 Å². The minimum atomic E-state index is 0.427. The number of nitrogens with zero attached hydrogens (tertiary/aromatic N) is 1. The van der Waals surface area contributed by atoms with Crippen molar-refractivity contribution in [2.45, 2.75) is 83.7 Å². The van der Waals surface area contributed by atoms with Crippen LogP contribution in [0.25, 0.3) is 0 Å². The van der Waals surface area contributed by atoms with Crippen molar-refractivity contribution in [1.29, 1.82) is 0 Å². The van der Waals surface area contributed by atoms with Gasteiger partial charge in [-0.05, 0) is 32.7 Å². The fourth-order valence-electron chi connectivity index (χ4n) is 2.79. The van der Waals surface area contributed by atoms with E-state index in [1.165, 1.54) is 64.3 Å². The fourth-order valence-corrected chi connectivity index (χ4v) is 2.79. The Morgan fingerprint density at radius 1 is 1.00 bits per heavy atom. The van der Waals surface area contributed by atoms with Gasteiger partial charge >= 0.3 is 0 Å². The molecule has 0 amide bonds. The maximum Gasteiger partial charge on any atom is 0.0168 e. The topological polar surface area (TPSA) is 29.3 Å². The van der Waals surface area contributed by atoms with Crippen molar-refractivity contribution >= 4 is 0 Å². The summed E-state index contributed by atoms with van der Waals surface area (Å²) in [6, 6.07) is 1.19. The SMILES string of the molecule is CCCCCCCCCN1CC(N)CCC1C. The van der Waals surface area contributed by atoms with E-state index in [2.05, 4.69) is 18.7 Å². The maximum atomic E-state index is 6.03. The van der Waals surface area contributed by atoms with E-state index in [0.29, 0.717) is 6.04 Å². The summed E-state index contributed by atoms with van der Waals surface area (Å²) in [6.07, 6.45) is 12.3. The number of likely N-dealkylation sites (tertiary alicyclic amines) is 1. The highest BCUT2D eigenvalue weighted by Crippen LogP contribution is 2.17. The monoisotopic (exact) mass is 240 g/mol. The Morgan fingerprint density at radius 3 is 2.35 bits per heavy atom. The first-order valence-corrected chi connectivity index (χ1v) is 7.73. The van der Waals surface area contributed by atoms with Gasteiger partial charge in [0.25, 0.3) is 0 Å². The summed E-state index contributed by atoms with van der Waals surface area (Å²) in [5, 5.41) is 0. The number of unbranched alkanes of at least 4 members (excludes halogenated alkanes) is 6. The molecule has 1 rings (SSSR count). The van der Waals surface area contributed by atoms with Crippen LogP contribution >= 0.6 is 0 Å². The van der Waals surface area contributed by atoms with E-state index >= 15 is 0 Å². The van der Waals surface area contributed by atoms with Crippen molar-refractivity contribution in [3.8, 4) is 0 Å². The summed E-state index contributed by atoms with van der Waals surface area (Å²) >= 11 is 0. The van der Waals surface area contributed by atoms with Crippen molar-refractivity contribution in [3.63, 3.8) is 0 Å². The van der Waals surface area contributed by atoms with Gasteiger partial charge in [-0.3, -0.25) is 4.90 Å². The van der Waals surface area contributed by atoms with E-state index in [1.54, 1.807) is 0 Å². The summed E-state index contributed by atoms with van der Waals surface area (Å²) in [5.74, 6) is 0. The van der Waals surface area contributed by atoms with Crippen molar-refractivity contribution in [2.24, 2.45) is 5.73 Å². The molecule has 2 unspecified atom stereocenters. The van der Waals surface area contributed by atoms with Crippen molar-refractivity contribution < 1.29 is 0 Å². The largest absolute Gasteiger partial charge is 0.327 e. The quantitative estimate of drug-likeness (QED) is 0.657. The van der Waals surface area contributed by atoms with Crippen LogP contribution in [0.5, 0.6) is 0 Å². The van der Waals surface area contributed by atoms with Gasteiger partial charge in [0.1, 0.15) is 0 Å². The Bertz CT molecular complexity index is 182. The maximum absolute atomic E-state index is 6.03. The van der Waals surface area contributed by atoms with Crippen LogP contribution in [-0.4, -0.2) is 30.1 Å². The lowest BCUT2D eigenvalue weighted by molar-refractivity contribution is 0.143. The van der Waals surface area contributed by atoms with Crippen molar-refractivity contribution in [1.82, 2.24) is 4.90 Å². The van der Waals surface area contributed by atoms with Crippen LogP contribution in [-0.2, 0) is 0 Å². The zero-order chi connectivity index (χ0) is 12.5. The first-order valence-electron chi connectivity index (χ1n) is 7.73. The number of rotatable bonds is 8. The molecule has 1 heterocycles. The second-order valence-electron chi connectivity index (χ2n) is 5.80. The third-order valence-electron chi connectivity index (χ3n) is 4.10. The van der Waals surface area contributed by atoms with Crippen LogP contribution in [0, 0.1) is 0 Å². The molecule has 0 spiro atoms. The van der Waals surface area contributed by atoms with E-state index in [-0.39, 0.29) is 0 Å². The molecule has 0 aromatic heterocycles. The average molecular weight is 240 g/mol. The molecule has 2 nitrogen and oxygen atoms in total. The average Bonchev–Trinajstić information content (AvgIpc) is 2.32. The van der Waals surface area contributed by atoms with Gasteiger partial charge in [-0.1, -0.05) is 45.4 Å². The van der Waals surface area contributed by atoms with Gasteiger partial charge in [0, 0.05) is 18.6 Å². The molecule has 0 bridgehead atoms.